The van der Waals surface area contributed by atoms with Crippen molar-refractivity contribution in [1.82, 2.24) is 24.8 Å². The first-order valence-corrected chi connectivity index (χ1v) is 11.0. The second-order valence-electron chi connectivity index (χ2n) is 7.93. The molecule has 33 heavy (non-hydrogen) atoms. The van der Waals surface area contributed by atoms with Crippen molar-refractivity contribution in [3.05, 3.63) is 93.3 Å². The highest BCUT2D eigenvalue weighted by Gasteiger charge is 2.22. The summed E-state index contributed by atoms with van der Waals surface area (Å²) in [6.07, 6.45) is 5.97. The van der Waals surface area contributed by atoms with Gasteiger partial charge in [-0.1, -0.05) is 17.7 Å². The molecule has 4 heterocycles. The van der Waals surface area contributed by atoms with Gasteiger partial charge in [-0.25, -0.2) is 4.98 Å². The van der Waals surface area contributed by atoms with E-state index in [0.29, 0.717) is 23.9 Å². The lowest BCUT2D eigenvalue weighted by Crippen LogP contribution is -2.35. The highest BCUT2D eigenvalue weighted by molar-refractivity contribution is 6.30. The number of fused-ring (bicyclic) bond motifs is 1. The molecular formula is C25H22ClN5O2. The average molecular weight is 460 g/mol. The minimum absolute atomic E-state index is 0.0852. The zero-order valence-corrected chi connectivity index (χ0v) is 18.8. The summed E-state index contributed by atoms with van der Waals surface area (Å²) >= 11 is 6.16. The number of H-pyrrole nitrogens is 1. The van der Waals surface area contributed by atoms with Gasteiger partial charge in [0.1, 0.15) is 11.6 Å². The van der Waals surface area contributed by atoms with Crippen LogP contribution in [0.2, 0.25) is 5.02 Å². The van der Waals surface area contributed by atoms with E-state index in [1.165, 1.54) is 0 Å². The Kier molecular flexibility index (Phi) is 5.90. The number of nitrogens with one attached hydrogen (secondary N) is 1. The maximum Gasteiger partial charge on any atom is 0.255 e. The van der Waals surface area contributed by atoms with Crippen LogP contribution in [0.3, 0.4) is 0 Å². The number of methoxy groups -OCH3 is 1. The number of halogens is 1. The fourth-order valence-corrected chi connectivity index (χ4v) is 4.25. The minimum atomic E-state index is -0.0852. The number of aromatic amines is 1. The lowest BCUT2D eigenvalue weighted by molar-refractivity contribution is 0.241. The number of benzene rings is 1. The molecule has 0 saturated heterocycles. The third-order valence-electron chi connectivity index (χ3n) is 5.77. The molecule has 0 spiro atoms. The molecule has 0 saturated carbocycles. The lowest BCUT2D eigenvalue weighted by Gasteiger charge is -2.27. The second-order valence-corrected chi connectivity index (χ2v) is 8.37. The molecule has 1 aliphatic heterocycles. The van der Waals surface area contributed by atoms with Crippen molar-refractivity contribution in [3.8, 4) is 28.4 Å². The Morgan fingerprint density at radius 1 is 1.15 bits per heavy atom. The molecule has 8 heteroatoms. The average Bonchev–Trinajstić information content (AvgIpc) is 2.85. The van der Waals surface area contributed by atoms with Crippen LogP contribution in [0.15, 0.2) is 65.8 Å². The zero-order chi connectivity index (χ0) is 22.8. The molecule has 0 amide bonds. The number of aromatic nitrogens is 4. The van der Waals surface area contributed by atoms with Crippen LogP contribution in [0, 0.1) is 0 Å². The maximum absolute atomic E-state index is 12.8. The third-order valence-corrected chi connectivity index (χ3v) is 6.00. The van der Waals surface area contributed by atoms with Gasteiger partial charge in [-0.05, 0) is 42.0 Å². The van der Waals surface area contributed by atoms with Gasteiger partial charge in [-0.2, -0.15) is 0 Å². The standard InChI is InChI=1S/C25H22ClN5O2/c1-33-23-5-3-18(26)12-19(23)21-4-2-16(13-28-21)14-31-11-8-22-20(15-31)25(32)30-24(29-22)17-6-9-27-10-7-17/h2-7,9-10,12-13H,8,11,14-15H2,1H3,(H,29,30,32). The highest BCUT2D eigenvalue weighted by Crippen LogP contribution is 2.31. The molecule has 3 aromatic heterocycles. The lowest BCUT2D eigenvalue weighted by atomic mass is 10.1. The second kappa shape index (κ2) is 9.13. The summed E-state index contributed by atoms with van der Waals surface area (Å²) < 4.78 is 5.44. The fourth-order valence-electron chi connectivity index (χ4n) is 4.08. The Balaban J connectivity index is 1.32. The summed E-state index contributed by atoms with van der Waals surface area (Å²) in [4.78, 5) is 31.3. The monoisotopic (exact) mass is 459 g/mol. The van der Waals surface area contributed by atoms with E-state index in [1.54, 1.807) is 25.6 Å². The highest BCUT2D eigenvalue weighted by atomic mass is 35.5. The van der Waals surface area contributed by atoms with Crippen molar-refractivity contribution in [2.24, 2.45) is 0 Å². The van der Waals surface area contributed by atoms with Gasteiger partial charge in [-0.3, -0.25) is 19.7 Å². The molecule has 0 bridgehead atoms. The summed E-state index contributed by atoms with van der Waals surface area (Å²) in [5.74, 6) is 1.32. The van der Waals surface area contributed by atoms with Crippen molar-refractivity contribution in [1.29, 1.82) is 0 Å². The Hall–Kier alpha value is -3.55. The Morgan fingerprint density at radius 3 is 2.76 bits per heavy atom. The maximum atomic E-state index is 12.8. The van der Waals surface area contributed by atoms with Crippen LogP contribution in [0.25, 0.3) is 22.6 Å². The van der Waals surface area contributed by atoms with Crippen LogP contribution >= 0.6 is 11.6 Å². The molecule has 0 fully saturated rings. The molecule has 0 unspecified atom stereocenters. The van der Waals surface area contributed by atoms with E-state index in [4.69, 9.17) is 21.3 Å². The Morgan fingerprint density at radius 2 is 2.00 bits per heavy atom. The molecule has 0 aliphatic carbocycles. The van der Waals surface area contributed by atoms with Gasteiger partial charge in [0.15, 0.2) is 0 Å². The predicted molar refractivity (Wildman–Crippen MR) is 127 cm³/mol. The van der Waals surface area contributed by atoms with Crippen molar-refractivity contribution >= 4 is 11.6 Å². The SMILES string of the molecule is COc1ccc(Cl)cc1-c1ccc(CN2CCc3nc(-c4ccncc4)[nH]c(=O)c3C2)cn1. The molecule has 1 aliphatic rings. The molecule has 7 nitrogen and oxygen atoms in total. The summed E-state index contributed by atoms with van der Waals surface area (Å²) in [6.45, 7) is 2.08. The van der Waals surface area contributed by atoms with Gasteiger partial charge < -0.3 is 9.72 Å². The van der Waals surface area contributed by atoms with Crippen molar-refractivity contribution in [2.45, 2.75) is 19.5 Å². The summed E-state index contributed by atoms with van der Waals surface area (Å²) in [6, 6.07) is 13.2. The van der Waals surface area contributed by atoms with Gasteiger partial charge in [0.05, 0.1) is 24.1 Å². The van der Waals surface area contributed by atoms with E-state index in [9.17, 15) is 4.79 Å². The summed E-state index contributed by atoms with van der Waals surface area (Å²) in [7, 11) is 1.63. The number of pyridine rings is 2. The minimum Gasteiger partial charge on any atom is -0.496 e. The number of rotatable bonds is 5. The number of hydrogen-bond donors (Lipinski definition) is 1. The summed E-state index contributed by atoms with van der Waals surface area (Å²) in [5.41, 5.74) is 5.09. The smallest absolute Gasteiger partial charge is 0.255 e. The largest absolute Gasteiger partial charge is 0.496 e. The van der Waals surface area contributed by atoms with Gasteiger partial charge in [0.2, 0.25) is 0 Å². The first-order chi connectivity index (χ1) is 16.1. The van der Waals surface area contributed by atoms with E-state index in [2.05, 4.69) is 19.9 Å². The molecule has 1 aromatic carbocycles. The fraction of sp³-hybridized carbons (Fsp3) is 0.200. The van der Waals surface area contributed by atoms with E-state index in [-0.39, 0.29) is 5.56 Å². The van der Waals surface area contributed by atoms with Crippen LogP contribution < -0.4 is 10.3 Å². The van der Waals surface area contributed by atoms with E-state index in [0.717, 1.165) is 52.4 Å². The van der Waals surface area contributed by atoms with Gasteiger partial charge in [-0.15, -0.1) is 0 Å². The molecular weight excluding hydrogens is 438 g/mol. The van der Waals surface area contributed by atoms with Crippen molar-refractivity contribution in [2.75, 3.05) is 13.7 Å². The molecule has 166 valence electrons. The number of hydrogen-bond acceptors (Lipinski definition) is 6. The van der Waals surface area contributed by atoms with E-state index >= 15 is 0 Å². The normalized spacial score (nSPS) is 13.5. The van der Waals surface area contributed by atoms with Crippen molar-refractivity contribution in [3.63, 3.8) is 0 Å². The summed E-state index contributed by atoms with van der Waals surface area (Å²) in [5, 5.41) is 0.634. The van der Waals surface area contributed by atoms with Crippen LogP contribution in [-0.2, 0) is 19.5 Å². The molecule has 5 rings (SSSR count). The molecule has 4 aromatic rings. The Bertz CT molecular complexity index is 1340. The Labute approximate surface area is 196 Å². The van der Waals surface area contributed by atoms with Crippen LogP contribution in [-0.4, -0.2) is 38.5 Å². The first-order valence-electron chi connectivity index (χ1n) is 10.6. The molecule has 0 radical (unpaired) electrons. The van der Waals surface area contributed by atoms with Crippen LogP contribution in [0.4, 0.5) is 0 Å². The first kappa shape index (κ1) is 21.3. The zero-order valence-electron chi connectivity index (χ0n) is 18.1. The van der Waals surface area contributed by atoms with E-state index < -0.39 is 0 Å². The predicted octanol–water partition coefficient (Wildman–Crippen LogP) is 4.11. The van der Waals surface area contributed by atoms with Gasteiger partial charge >= 0.3 is 0 Å². The number of nitrogens with zero attached hydrogens (tertiary/aromatic N) is 4. The molecule has 1 N–H and O–H groups in total. The van der Waals surface area contributed by atoms with Crippen molar-refractivity contribution < 1.29 is 4.74 Å². The third kappa shape index (κ3) is 4.51. The van der Waals surface area contributed by atoms with E-state index in [1.807, 2.05) is 42.6 Å². The number of ether oxygens (including phenoxy) is 1. The van der Waals surface area contributed by atoms with Gasteiger partial charge in [0.25, 0.3) is 5.56 Å². The van der Waals surface area contributed by atoms with Crippen LogP contribution in [0.1, 0.15) is 16.8 Å². The topological polar surface area (TPSA) is 84.0 Å². The van der Waals surface area contributed by atoms with Crippen LogP contribution in [0.5, 0.6) is 5.75 Å². The van der Waals surface area contributed by atoms with Gasteiger partial charge in [0, 0.05) is 60.8 Å². The molecule has 0 atom stereocenters. The quantitative estimate of drug-likeness (QED) is 0.483.